The zero-order valence-corrected chi connectivity index (χ0v) is 39.1. The van der Waals surface area contributed by atoms with Crippen molar-refractivity contribution in [2.75, 3.05) is 44.0 Å². The minimum absolute atomic E-state index is 0.0351. The Kier molecular flexibility index (Phi) is 12.6. The van der Waals surface area contributed by atoms with Gasteiger partial charge < -0.3 is 35.2 Å². The van der Waals surface area contributed by atoms with Gasteiger partial charge in [0.15, 0.2) is 0 Å². The van der Waals surface area contributed by atoms with Crippen molar-refractivity contribution in [1.82, 2.24) is 20.4 Å². The Hall–Kier alpha value is -5.98. The summed E-state index contributed by atoms with van der Waals surface area (Å²) in [5, 5.41) is 13.1. The molecule has 67 heavy (non-hydrogen) atoms. The maximum Gasteiger partial charge on any atom is 0.255 e. The highest BCUT2D eigenvalue weighted by Crippen LogP contribution is 2.56. The first-order valence-electron chi connectivity index (χ1n) is 22.5. The molecule has 6 atom stereocenters. The van der Waals surface area contributed by atoms with Gasteiger partial charge in [0.1, 0.15) is 23.7 Å². The third-order valence-electron chi connectivity index (χ3n) is 13.6. The number of amides is 5. The number of carbonyl (C=O) groups is 5. The van der Waals surface area contributed by atoms with Crippen LogP contribution in [0.3, 0.4) is 0 Å². The number of halogens is 3. The lowest BCUT2D eigenvalue weighted by Gasteiger charge is -2.39. The number of methoxy groups -OCH3 is 1. The van der Waals surface area contributed by atoms with E-state index in [-0.39, 0.29) is 65.9 Å². The van der Waals surface area contributed by atoms with Crippen molar-refractivity contribution >= 4 is 64.1 Å². The van der Waals surface area contributed by atoms with Crippen LogP contribution in [0.15, 0.2) is 72.8 Å². The fraction of sp³-hybridized carbons (Fsp3) is 0.392. The molecule has 16 heteroatoms. The summed E-state index contributed by atoms with van der Waals surface area (Å²) in [6.07, 6.45) is 1.12. The summed E-state index contributed by atoms with van der Waals surface area (Å²) in [6, 6.07) is 18.9. The highest BCUT2D eigenvalue weighted by atomic mass is 35.5. The second kappa shape index (κ2) is 18.3. The van der Waals surface area contributed by atoms with Crippen LogP contribution in [-0.4, -0.2) is 96.9 Å². The van der Waals surface area contributed by atoms with Gasteiger partial charge in [-0.2, -0.15) is 0 Å². The third kappa shape index (κ3) is 8.86. The van der Waals surface area contributed by atoms with E-state index >= 15 is 4.39 Å². The van der Waals surface area contributed by atoms with Gasteiger partial charge in [-0.05, 0) is 89.5 Å². The zero-order chi connectivity index (χ0) is 47.4. The van der Waals surface area contributed by atoms with E-state index in [1.807, 2.05) is 24.3 Å². The summed E-state index contributed by atoms with van der Waals surface area (Å²) in [6.45, 7) is 8.04. The molecule has 5 amide bonds. The average Bonchev–Trinajstić information content (AvgIpc) is 3.85. The molecule has 5 aliphatic heterocycles. The predicted molar refractivity (Wildman–Crippen MR) is 252 cm³/mol. The van der Waals surface area contributed by atoms with Crippen LogP contribution < -0.4 is 26.0 Å². The summed E-state index contributed by atoms with van der Waals surface area (Å²) in [7, 11) is 1.47. The van der Waals surface area contributed by atoms with Gasteiger partial charge in [-0.3, -0.25) is 29.3 Å². The molecule has 4 N–H and O–H groups in total. The molecule has 1 unspecified atom stereocenters. The summed E-state index contributed by atoms with van der Waals surface area (Å²) >= 11 is 12.9. The standard InChI is InChI=1S/C51H51Cl2FN6O7/c1-50(2,3)25-41-51(27-55-38-24-31(52)11-14-35(38)51)43(34-6-5-7-36(53)44(34)54)45(57-41)47(63)56-37-15-10-29(23-40(37)66-4)48(64)59-19-18-32(67-21-20-59)12-8-28-9-13-33-30(22-28)26-60(49(33)65)39-16-17-42(61)58-46(39)62/h5-7,9-11,13-15,22-24,32,39,41,43,45,55,57H,16-21,25-27H2,1-4H3,(H,56,63)(H,58,61,62)/t32-,39?,41-,43-,45+,51-/m0/s1. The van der Waals surface area contributed by atoms with Crippen molar-refractivity contribution in [3.8, 4) is 17.6 Å². The number of nitrogens with zero attached hydrogens (tertiary/aromatic N) is 2. The molecule has 0 aromatic heterocycles. The van der Waals surface area contributed by atoms with Gasteiger partial charge in [0, 0.05) is 83.8 Å². The van der Waals surface area contributed by atoms with Gasteiger partial charge in [-0.25, -0.2) is 4.39 Å². The van der Waals surface area contributed by atoms with Gasteiger partial charge in [0.25, 0.3) is 11.8 Å². The van der Waals surface area contributed by atoms with Gasteiger partial charge in [0.2, 0.25) is 17.7 Å². The molecule has 5 heterocycles. The number of fused-ring (bicyclic) bond motifs is 3. The van der Waals surface area contributed by atoms with E-state index < -0.39 is 47.2 Å². The molecule has 0 saturated carbocycles. The second-order valence-corrected chi connectivity index (χ2v) is 19.9. The van der Waals surface area contributed by atoms with Gasteiger partial charge in [0.05, 0.1) is 30.5 Å². The molecule has 5 aliphatic rings. The van der Waals surface area contributed by atoms with Crippen LogP contribution in [0.5, 0.6) is 5.75 Å². The number of hydrogen-bond donors (Lipinski definition) is 4. The molecule has 348 valence electrons. The first-order valence-corrected chi connectivity index (χ1v) is 23.2. The molecular formula is C51H51Cl2FN6O7. The monoisotopic (exact) mass is 948 g/mol. The number of piperidine rings is 1. The Morgan fingerprint density at radius 2 is 1.84 bits per heavy atom. The topological polar surface area (TPSA) is 158 Å². The molecule has 0 aliphatic carbocycles. The normalized spacial score (nSPS) is 24.6. The molecule has 3 fully saturated rings. The van der Waals surface area contributed by atoms with Crippen LogP contribution >= 0.6 is 23.2 Å². The number of ether oxygens (including phenoxy) is 2. The van der Waals surface area contributed by atoms with Crippen molar-refractivity contribution < 1.29 is 37.8 Å². The maximum atomic E-state index is 16.3. The van der Waals surface area contributed by atoms with E-state index in [0.717, 1.165) is 16.8 Å². The minimum Gasteiger partial charge on any atom is -0.495 e. The van der Waals surface area contributed by atoms with E-state index in [9.17, 15) is 24.0 Å². The number of rotatable bonds is 7. The Balaban J connectivity index is 0.898. The van der Waals surface area contributed by atoms with Crippen molar-refractivity contribution in [3.05, 3.63) is 122 Å². The van der Waals surface area contributed by atoms with Crippen molar-refractivity contribution in [2.45, 2.75) is 88.6 Å². The highest BCUT2D eigenvalue weighted by Gasteiger charge is 2.61. The van der Waals surface area contributed by atoms with Gasteiger partial charge in [-0.1, -0.05) is 74.0 Å². The van der Waals surface area contributed by atoms with E-state index in [0.29, 0.717) is 65.4 Å². The number of nitrogens with one attached hydrogen (secondary N) is 4. The third-order valence-corrected chi connectivity index (χ3v) is 14.1. The largest absolute Gasteiger partial charge is 0.495 e. The Morgan fingerprint density at radius 1 is 1.01 bits per heavy atom. The molecule has 9 rings (SSSR count). The van der Waals surface area contributed by atoms with Crippen LogP contribution in [0.4, 0.5) is 15.8 Å². The molecule has 0 bridgehead atoms. The summed E-state index contributed by atoms with van der Waals surface area (Å²) < 4.78 is 28.1. The molecule has 3 saturated heterocycles. The molecule has 1 spiro atoms. The number of benzene rings is 4. The van der Waals surface area contributed by atoms with Crippen molar-refractivity contribution in [1.29, 1.82) is 0 Å². The highest BCUT2D eigenvalue weighted by molar-refractivity contribution is 6.31. The minimum atomic E-state index is -0.912. The molecule has 4 aromatic carbocycles. The lowest BCUT2D eigenvalue weighted by molar-refractivity contribution is -0.137. The fourth-order valence-electron chi connectivity index (χ4n) is 10.5. The molecular weight excluding hydrogens is 898 g/mol. The molecule has 0 radical (unpaired) electrons. The van der Waals surface area contributed by atoms with Crippen LogP contribution in [0.2, 0.25) is 10.0 Å². The first kappa shape index (κ1) is 46.1. The lowest BCUT2D eigenvalue weighted by Crippen LogP contribution is -2.52. The van der Waals surface area contributed by atoms with Crippen LogP contribution in [0, 0.1) is 23.1 Å². The van der Waals surface area contributed by atoms with Gasteiger partial charge >= 0.3 is 0 Å². The average molecular weight is 950 g/mol. The van der Waals surface area contributed by atoms with Crippen LogP contribution in [0.1, 0.15) is 95.3 Å². The number of hydrogen-bond acceptors (Lipinski definition) is 9. The number of carbonyl (C=O) groups excluding carboxylic acids is 5. The van der Waals surface area contributed by atoms with E-state index in [1.165, 1.54) is 18.1 Å². The van der Waals surface area contributed by atoms with E-state index in [4.69, 9.17) is 32.7 Å². The van der Waals surface area contributed by atoms with E-state index in [1.54, 1.807) is 47.4 Å². The SMILES string of the molecule is COc1cc(C(=O)N2CCO[C@@H](C#Cc3ccc4c(c3)CN(C3CCC(=O)NC3=O)C4=O)CC2)ccc1NC(=O)[C@@H]1N[C@@H](CC(C)(C)C)[C@@]2(CNc3cc(Cl)ccc32)[C@H]1c1cccc(Cl)c1F. The maximum absolute atomic E-state index is 16.3. The van der Waals surface area contributed by atoms with Crippen LogP contribution in [-0.2, 0) is 31.1 Å². The second-order valence-electron chi connectivity index (χ2n) is 19.1. The first-order chi connectivity index (χ1) is 32.0. The smallest absolute Gasteiger partial charge is 0.255 e. The Bertz CT molecular complexity index is 2770. The van der Waals surface area contributed by atoms with Gasteiger partial charge in [-0.15, -0.1) is 0 Å². The quantitative estimate of drug-likeness (QED) is 0.113. The Morgan fingerprint density at radius 3 is 2.61 bits per heavy atom. The van der Waals surface area contributed by atoms with E-state index in [2.05, 4.69) is 53.9 Å². The fourth-order valence-corrected chi connectivity index (χ4v) is 10.8. The van der Waals surface area contributed by atoms with Crippen molar-refractivity contribution in [2.24, 2.45) is 5.41 Å². The predicted octanol–water partition coefficient (Wildman–Crippen LogP) is 7.05. The molecule has 4 aromatic rings. The number of imide groups is 1. The summed E-state index contributed by atoms with van der Waals surface area (Å²) in [5.74, 6) is 3.63. The molecule has 13 nitrogen and oxygen atoms in total. The summed E-state index contributed by atoms with van der Waals surface area (Å²) in [5.41, 5.74) is 3.80. The van der Waals surface area contributed by atoms with Crippen LogP contribution in [0.25, 0.3) is 0 Å². The number of anilines is 2. The zero-order valence-electron chi connectivity index (χ0n) is 37.6. The van der Waals surface area contributed by atoms with Crippen molar-refractivity contribution in [3.63, 3.8) is 0 Å². The summed E-state index contributed by atoms with van der Waals surface area (Å²) in [4.78, 5) is 69.2. The Labute approximate surface area is 398 Å². The lowest BCUT2D eigenvalue weighted by atomic mass is 9.63.